The standard InChI is InChI=1S/C25H23Cl3N2O2S/c1-15(2)30(25(32)16-3-5-17(26)6-4-16)14-23(31)29-11-9-22-20(10-12-33-22)24(29)19-8-7-18(27)13-21(19)28/h3-8,10,12-13,15,24H,9,11,14H2,1-2H3. The Bertz CT molecular complexity index is 1180. The maximum atomic E-state index is 13.6. The molecule has 33 heavy (non-hydrogen) atoms. The largest absolute Gasteiger partial charge is 0.330 e. The lowest BCUT2D eigenvalue weighted by molar-refractivity contribution is -0.134. The summed E-state index contributed by atoms with van der Waals surface area (Å²) >= 11 is 20.4. The smallest absolute Gasteiger partial charge is 0.254 e. The molecule has 0 saturated heterocycles. The van der Waals surface area contributed by atoms with Gasteiger partial charge in [-0.15, -0.1) is 11.3 Å². The molecule has 0 saturated carbocycles. The quantitative estimate of drug-likeness (QED) is 0.373. The van der Waals surface area contributed by atoms with E-state index in [-0.39, 0.29) is 30.4 Å². The van der Waals surface area contributed by atoms with Crippen LogP contribution in [0.5, 0.6) is 0 Å². The van der Waals surface area contributed by atoms with Crippen molar-refractivity contribution in [2.24, 2.45) is 0 Å². The van der Waals surface area contributed by atoms with Crippen molar-refractivity contribution in [2.75, 3.05) is 13.1 Å². The summed E-state index contributed by atoms with van der Waals surface area (Å²) in [6.07, 6.45) is 0.771. The van der Waals surface area contributed by atoms with Crippen molar-refractivity contribution in [3.05, 3.63) is 90.5 Å². The summed E-state index contributed by atoms with van der Waals surface area (Å²) in [6.45, 7) is 4.33. The number of benzene rings is 2. The minimum atomic E-state index is -0.322. The maximum absolute atomic E-state index is 13.6. The van der Waals surface area contributed by atoms with Gasteiger partial charge in [0.05, 0.1) is 6.04 Å². The highest BCUT2D eigenvalue weighted by Crippen LogP contribution is 2.41. The van der Waals surface area contributed by atoms with Crippen LogP contribution in [0.15, 0.2) is 53.9 Å². The molecule has 1 aromatic heterocycles. The molecule has 1 aliphatic heterocycles. The number of amides is 2. The lowest BCUT2D eigenvalue weighted by Crippen LogP contribution is -2.48. The van der Waals surface area contributed by atoms with Gasteiger partial charge in [-0.05, 0) is 79.2 Å². The summed E-state index contributed by atoms with van der Waals surface area (Å²) in [6, 6.07) is 13.7. The number of nitrogens with zero attached hydrogens (tertiary/aromatic N) is 2. The number of carbonyl (C=O) groups is 2. The Labute approximate surface area is 212 Å². The highest BCUT2D eigenvalue weighted by Gasteiger charge is 2.35. The molecule has 172 valence electrons. The Morgan fingerprint density at radius 3 is 2.39 bits per heavy atom. The zero-order chi connectivity index (χ0) is 23.7. The van der Waals surface area contributed by atoms with Gasteiger partial charge in [-0.2, -0.15) is 0 Å². The van der Waals surface area contributed by atoms with E-state index in [2.05, 4.69) is 0 Å². The number of fused-ring (bicyclic) bond motifs is 1. The summed E-state index contributed by atoms with van der Waals surface area (Å²) in [4.78, 5) is 31.5. The van der Waals surface area contributed by atoms with Gasteiger partial charge in [-0.1, -0.05) is 40.9 Å². The fourth-order valence-electron chi connectivity index (χ4n) is 4.13. The van der Waals surface area contributed by atoms with Crippen LogP contribution in [0.1, 0.15) is 46.3 Å². The number of carbonyl (C=O) groups excluding carboxylic acids is 2. The summed E-state index contributed by atoms with van der Waals surface area (Å²) in [5.41, 5.74) is 2.40. The average molecular weight is 522 g/mol. The van der Waals surface area contributed by atoms with Crippen LogP contribution in [0.2, 0.25) is 15.1 Å². The Morgan fingerprint density at radius 2 is 1.73 bits per heavy atom. The van der Waals surface area contributed by atoms with Gasteiger partial charge >= 0.3 is 0 Å². The molecule has 1 atom stereocenters. The molecule has 0 fully saturated rings. The van der Waals surface area contributed by atoms with E-state index >= 15 is 0 Å². The van der Waals surface area contributed by atoms with Gasteiger partial charge in [0.2, 0.25) is 5.91 Å². The molecular formula is C25H23Cl3N2O2S. The van der Waals surface area contributed by atoms with E-state index < -0.39 is 0 Å². The van der Waals surface area contributed by atoms with Crippen molar-refractivity contribution in [1.82, 2.24) is 9.80 Å². The van der Waals surface area contributed by atoms with Crippen LogP contribution in [0.4, 0.5) is 0 Å². The second-order valence-electron chi connectivity index (χ2n) is 8.24. The van der Waals surface area contributed by atoms with Gasteiger partial charge in [0.15, 0.2) is 0 Å². The van der Waals surface area contributed by atoms with Gasteiger partial charge < -0.3 is 9.80 Å². The predicted octanol–water partition coefficient (Wildman–Crippen LogP) is 6.73. The Kier molecular flexibility index (Phi) is 7.34. The maximum Gasteiger partial charge on any atom is 0.254 e. The Hall–Kier alpha value is -2.05. The molecule has 0 aliphatic carbocycles. The molecule has 3 aromatic rings. The molecule has 4 rings (SSSR count). The van der Waals surface area contributed by atoms with Crippen molar-refractivity contribution in [1.29, 1.82) is 0 Å². The van der Waals surface area contributed by atoms with E-state index in [4.69, 9.17) is 34.8 Å². The molecule has 0 bridgehead atoms. The summed E-state index contributed by atoms with van der Waals surface area (Å²) in [7, 11) is 0. The highest BCUT2D eigenvalue weighted by molar-refractivity contribution is 7.10. The van der Waals surface area contributed by atoms with E-state index in [0.717, 1.165) is 17.5 Å². The number of hydrogen-bond donors (Lipinski definition) is 0. The average Bonchev–Trinajstić information content (AvgIpc) is 3.26. The lowest BCUT2D eigenvalue weighted by Gasteiger charge is -2.38. The Morgan fingerprint density at radius 1 is 1.03 bits per heavy atom. The molecule has 0 N–H and O–H groups in total. The zero-order valence-electron chi connectivity index (χ0n) is 18.2. The molecule has 1 unspecified atom stereocenters. The van der Waals surface area contributed by atoms with Crippen LogP contribution in [0, 0.1) is 0 Å². The number of rotatable bonds is 5. The number of halogens is 3. The van der Waals surface area contributed by atoms with Crippen molar-refractivity contribution < 1.29 is 9.59 Å². The third-order valence-electron chi connectivity index (χ3n) is 5.82. The van der Waals surface area contributed by atoms with Crippen LogP contribution >= 0.6 is 46.1 Å². The van der Waals surface area contributed by atoms with Crippen LogP contribution in [-0.2, 0) is 11.2 Å². The highest BCUT2D eigenvalue weighted by atomic mass is 35.5. The lowest BCUT2D eigenvalue weighted by atomic mass is 9.93. The fourth-order valence-corrected chi connectivity index (χ4v) is 5.67. The van der Waals surface area contributed by atoms with Gasteiger partial charge in [-0.25, -0.2) is 0 Å². The monoisotopic (exact) mass is 520 g/mol. The summed E-state index contributed by atoms with van der Waals surface area (Å²) in [5, 5.41) is 3.66. The first kappa shape index (κ1) is 24.1. The molecule has 0 spiro atoms. The van der Waals surface area contributed by atoms with Crippen molar-refractivity contribution in [3.8, 4) is 0 Å². The third kappa shape index (κ3) is 5.07. The van der Waals surface area contributed by atoms with Crippen molar-refractivity contribution in [2.45, 2.75) is 32.4 Å². The summed E-state index contributed by atoms with van der Waals surface area (Å²) < 4.78 is 0. The van der Waals surface area contributed by atoms with Crippen LogP contribution in [0.3, 0.4) is 0 Å². The summed E-state index contributed by atoms with van der Waals surface area (Å²) in [5.74, 6) is -0.330. The molecule has 0 radical (unpaired) electrons. The van der Waals surface area contributed by atoms with Gasteiger partial charge in [0.1, 0.15) is 6.54 Å². The van der Waals surface area contributed by atoms with Crippen molar-refractivity contribution in [3.63, 3.8) is 0 Å². The molecule has 2 heterocycles. The third-order valence-corrected chi connectivity index (χ3v) is 7.64. The Balaban J connectivity index is 1.65. The molecule has 2 amide bonds. The van der Waals surface area contributed by atoms with Crippen LogP contribution < -0.4 is 0 Å². The minimum absolute atomic E-state index is 0.0275. The molecule has 8 heteroatoms. The van der Waals surface area contributed by atoms with E-state index in [1.165, 1.54) is 4.88 Å². The zero-order valence-corrected chi connectivity index (χ0v) is 21.3. The second-order valence-corrected chi connectivity index (χ2v) is 10.5. The first-order chi connectivity index (χ1) is 15.8. The van der Waals surface area contributed by atoms with Gasteiger partial charge in [0.25, 0.3) is 5.91 Å². The molecule has 1 aliphatic rings. The topological polar surface area (TPSA) is 40.6 Å². The first-order valence-electron chi connectivity index (χ1n) is 10.6. The predicted molar refractivity (Wildman–Crippen MR) is 136 cm³/mol. The van der Waals surface area contributed by atoms with Crippen LogP contribution in [0.25, 0.3) is 0 Å². The van der Waals surface area contributed by atoms with E-state index in [1.54, 1.807) is 52.6 Å². The molecular weight excluding hydrogens is 499 g/mol. The second kappa shape index (κ2) is 10.1. The van der Waals surface area contributed by atoms with Gasteiger partial charge in [0, 0.05) is 38.1 Å². The van der Waals surface area contributed by atoms with Crippen molar-refractivity contribution >= 4 is 58.0 Å². The van der Waals surface area contributed by atoms with E-state index in [9.17, 15) is 9.59 Å². The minimum Gasteiger partial charge on any atom is -0.330 e. The normalized spacial score (nSPS) is 15.5. The molecule has 4 nitrogen and oxygen atoms in total. The van der Waals surface area contributed by atoms with Gasteiger partial charge in [-0.3, -0.25) is 9.59 Å². The number of hydrogen-bond acceptors (Lipinski definition) is 3. The fraction of sp³-hybridized carbons (Fsp3) is 0.280. The number of thiophene rings is 1. The SMILES string of the molecule is CC(C)N(CC(=O)N1CCc2sccc2C1c1ccc(Cl)cc1Cl)C(=O)c1ccc(Cl)cc1. The molecule has 2 aromatic carbocycles. The van der Waals surface area contributed by atoms with E-state index in [1.807, 2.05) is 36.3 Å². The van der Waals surface area contributed by atoms with E-state index in [0.29, 0.717) is 27.2 Å². The first-order valence-corrected chi connectivity index (χ1v) is 12.6. The van der Waals surface area contributed by atoms with Crippen LogP contribution in [-0.4, -0.2) is 40.7 Å².